The van der Waals surface area contributed by atoms with Gasteiger partial charge in [0.1, 0.15) is 0 Å². The van der Waals surface area contributed by atoms with Crippen molar-refractivity contribution >= 4 is 11.8 Å². The van der Waals surface area contributed by atoms with Crippen LogP contribution in [0.2, 0.25) is 0 Å². The Hall–Kier alpha value is -1.92. The number of methoxy groups -OCH3 is 1. The van der Waals surface area contributed by atoms with Gasteiger partial charge < -0.3 is 14.5 Å². The van der Waals surface area contributed by atoms with Gasteiger partial charge in [-0.25, -0.2) is 0 Å². The Morgan fingerprint density at radius 3 is 2.54 bits per heavy atom. The highest BCUT2D eigenvalue weighted by molar-refractivity contribution is 5.94. The Balaban J connectivity index is 1.49. The fourth-order valence-electron chi connectivity index (χ4n) is 5.67. The summed E-state index contributed by atoms with van der Waals surface area (Å²) < 4.78 is 5.23. The largest absolute Gasteiger partial charge is 0.383 e. The van der Waals surface area contributed by atoms with Crippen molar-refractivity contribution in [2.24, 2.45) is 11.8 Å². The highest BCUT2D eigenvalue weighted by Gasteiger charge is 2.61. The molecular weight excluding hydrogens is 354 g/mol. The molecule has 1 aromatic rings. The molecule has 0 N–H and O–H groups in total. The van der Waals surface area contributed by atoms with Crippen LogP contribution in [0.5, 0.6) is 0 Å². The van der Waals surface area contributed by atoms with E-state index in [0.29, 0.717) is 18.4 Å². The van der Waals surface area contributed by atoms with Gasteiger partial charge in [0.15, 0.2) is 0 Å². The first kappa shape index (κ1) is 19.4. The molecule has 2 atom stereocenters. The van der Waals surface area contributed by atoms with Gasteiger partial charge in [0.05, 0.1) is 18.1 Å². The Morgan fingerprint density at radius 1 is 1.18 bits per heavy atom. The van der Waals surface area contributed by atoms with Crippen molar-refractivity contribution in [3.05, 3.63) is 35.9 Å². The lowest BCUT2D eigenvalue weighted by Gasteiger charge is -2.47. The zero-order chi connectivity index (χ0) is 19.7. The average Bonchev–Trinajstić information content (AvgIpc) is 3.25. The van der Waals surface area contributed by atoms with Crippen LogP contribution in [0.25, 0.3) is 0 Å². The highest BCUT2D eigenvalue weighted by atomic mass is 16.5. The molecule has 3 heterocycles. The molecule has 1 aromatic carbocycles. The van der Waals surface area contributed by atoms with E-state index in [4.69, 9.17) is 4.74 Å². The number of hydrogen-bond acceptors (Lipinski definition) is 4. The van der Waals surface area contributed by atoms with Gasteiger partial charge in [-0.3, -0.25) is 14.5 Å². The van der Waals surface area contributed by atoms with E-state index in [2.05, 4.69) is 16.7 Å². The number of carbonyl (C=O) groups is 2. The monoisotopic (exact) mass is 385 g/mol. The molecule has 3 aliphatic rings. The number of amides is 2. The zero-order valence-electron chi connectivity index (χ0n) is 17.0. The van der Waals surface area contributed by atoms with Crippen molar-refractivity contribution in [2.75, 3.05) is 53.0 Å². The number of likely N-dealkylation sites (tertiary alicyclic amines) is 3. The molecule has 0 saturated carbocycles. The van der Waals surface area contributed by atoms with E-state index in [9.17, 15) is 9.59 Å². The third kappa shape index (κ3) is 3.12. The van der Waals surface area contributed by atoms with E-state index in [0.717, 1.165) is 57.7 Å². The molecule has 1 spiro atoms. The summed E-state index contributed by atoms with van der Waals surface area (Å²) in [6.07, 6.45) is 1.76. The number of carbonyl (C=O) groups excluding carboxylic acids is 2. The molecular formula is C22H31N3O3. The van der Waals surface area contributed by atoms with E-state index in [1.807, 2.05) is 35.2 Å². The minimum Gasteiger partial charge on any atom is -0.383 e. The van der Waals surface area contributed by atoms with Crippen LogP contribution in [0.1, 0.15) is 30.1 Å². The lowest BCUT2D eigenvalue weighted by molar-refractivity contribution is -0.135. The molecule has 28 heavy (non-hydrogen) atoms. The molecule has 152 valence electrons. The average molecular weight is 386 g/mol. The Kier molecular flexibility index (Phi) is 5.43. The quantitative estimate of drug-likeness (QED) is 0.775. The van der Waals surface area contributed by atoms with E-state index in [1.54, 1.807) is 7.11 Å². The molecule has 2 amide bonds. The van der Waals surface area contributed by atoms with E-state index in [-0.39, 0.29) is 17.4 Å². The standard InChI is InChI=1S/C22H31N3O3/c1-3-25-21(27)18-15-23(13-14-28-2)16-19(18)22(25)9-11-24(12-10-22)20(26)17-7-5-4-6-8-17/h4-8,18-19H,3,9-16H2,1-2H3/t18-,19+/m0/s1. The first-order valence-electron chi connectivity index (χ1n) is 10.5. The summed E-state index contributed by atoms with van der Waals surface area (Å²) in [5.41, 5.74) is 0.656. The summed E-state index contributed by atoms with van der Waals surface area (Å²) >= 11 is 0. The topological polar surface area (TPSA) is 53.1 Å². The van der Waals surface area contributed by atoms with Crippen molar-refractivity contribution < 1.29 is 14.3 Å². The van der Waals surface area contributed by atoms with Gasteiger partial charge in [0.2, 0.25) is 5.91 Å². The summed E-state index contributed by atoms with van der Waals surface area (Å²) in [5.74, 6) is 0.890. The van der Waals surface area contributed by atoms with Crippen molar-refractivity contribution in [3.63, 3.8) is 0 Å². The molecule has 0 radical (unpaired) electrons. The number of nitrogens with zero attached hydrogens (tertiary/aromatic N) is 3. The molecule has 3 fully saturated rings. The van der Waals surface area contributed by atoms with Crippen LogP contribution in [0.15, 0.2) is 30.3 Å². The second kappa shape index (κ2) is 7.84. The van der Waals surface area contributed by atoms with Gasteiger partial charge in [0, 0.05) is 57.9 Å². The summed E-state index contributed by atoms with van der Waals surface area (Å²) in [5, 5.41) is 0. The van der Waals surface area contributed by atoms with E-state index >= 15 is 0 Å². The van der Waals surface area contributed by atoms with E-state index in [1.165, 1.54) is 0 Å². The molecule has 0 bridgehead atoms. The molecule has 0 unspecified atom stereocenters. The Morgan fingerprint density at radius 2 is 1.89 bits per heavy atom. The van der Waals surface area contributed by atoms with Gasteiger partial charge in [-0.15, -0.1) is 0 Å². The molecule has 6 heteroatoms. The second-order valence-electron chi connectivity index (χ2n) is 8.31. The van der Waals surface area contributed by atoms with Crippen molar-refractivity contribution in [2.45, 2.75) is 25.3 Å². The molecule has 6 nitrogen and oxygen atoms in total. The first-order valence-corrected chi connectivity index (χ1v) is 10.5. The SMILES string of the molecule is CCN1C(=O)[C@H]2CN(CCOC)C[C@H]2C12CCN(C(=O)c1ccccc1)CC2. The molecule has 3 aliphatic heterocycles. The Bertz CT molecular complexity index is 715. The normalized spacial score (nSPS) is 26.9. The fraction of sp³-hybridized carbons (Fsp3) is 0.636. The van der Waals surface area contributed by atoms with Crippen LogP contribution in [0, 0.1) is 11.8 Å². The molecule has 3 saturated heterocycles. The number of piperidine rings is 1. The summed E-state index contributed by atoms with van der Waals surface area (Å²) in [6, 6.07) is 9.51. The molecule has 4 rings (SSSR count). The summed E-state index contributed by atoms with van der Waals surface area (Å²) in [7, 11) is 1.72. The van der Waals surface area contributed by atoms with Gasteiger partial charge in [0.25, 0.3) is 5.91 Å². The van der Waals surface area contributed by atoms with Gasteiger partial charge >= 0.3 is 0 Å². The predicted octanol–water partition coefficient (Wildman–Crippen LogP) is 1.72. The summed E-state index contributed by atoms with van der Waals surface area (Å²) in [4.78, 5) is 32.5. The molecule has 0 aliphatic carbocycles. The maximum Gasteiger partial charge on any atom is 0.253 e. The number of benzene rings is 1. The minimum absolute atomic E-state index is 0.0915. The zero-order valence-corrected chi connectivity index (χ0v) is 17.0. The van der Waals surface area contributed by atoms with Crippen LogP contribution >= 0.6 is 0 Å². The van der Waals surface area contributed by atoms with Crippen molar-refractivity contribution in [1.29, 1.82) is 0 Å². The third-order valence-electron chi connectivity index (χ3n) is 7.07. The lowest BCUT2D eigenvalue weighted by atomic mass is 9.74. The Labute approximate surface area is 167 Å². The second-order valence-corrected chi connectivity index (χ2v) is 8.31. The van der Waals surface area contributed by atoms with Crippen LogP contribution in [0.3, 0.4) is 0 Å². The van der Waals surface area contributed by atoms with Crippen LogP contribution in [-0.4, -0.2) is 85.0 Å². The van der Waals surface area contributed by atoms with Gasteiger partial charge in [-0.05, 0) is 31.9 Å². The highest BCUT2D eigenvalue weighted by Crippen LogP contribution is 2.49. The number of hydrogen-bond donors (Lipinski definition) is 0. The van der Waals surface area contributed by atoms with E-state index < -0.39 is 0 Å². The minimum atomic E-state index is -0.0915. The van der Waals surface area contributed by atoms with Crippen LogP contribution < -0.4 is 0 Å². The predicted molar refractivity (Wildman–Crippen MR) is 107 cm³/mol. The first-order chi connectivity index (χ1) is 13.6. The third-order valence-corrected chi connectivity index (χ3v) is 7.07. The van der Waals surface area contributed by atoms with Gasteiger partial charge in [-0.1, -0.05) is 18.2 Å². The van der Waals surface area contributed by atoms with Crippen molar-refractivity contribution in [3.8, 4) is 0 Å². The maximum absolute atomic E-state index is 13.1. The van der Waals surface area contributed by atoms with Crippen LogP contribution in [0.4, 0.5) is 0 Å². The number of ether oxygens (including phenoxy) is 1. The number of rotatable bonds is 5. The smallest absolute Gasteiger partial charge is 0.253 e. The fourth-order valence-corrected chi connectivity index (χ4v) is 5.67. The van der Waals surface area contributed by atoms with Gasteiger partial charge in [-0.2, -0.15) is 0 Å². The number of fused-ring (bicyclic) bond motifs is 2. The summed E-state index contributed by atoms with van der Waals surface area (Å²) in [6.45, 7) is 7.69. The van der Waals surface area contributed by atoms with Crippen molar-refractivity contribution in [1.82, 2.24) is 14.7 Å². The van der Waals surface area contributed by atoms with Crippen LogP contribution in [-0.2, 0) is 9.53 Å². The lowest BCUT2D eigenvalue weighted by Crippen LogP contribution is -2.57. The molecule has 0 aromatic heterocycles. The maximum atomic E-state index is 13.1.